The molecule has 4 rings (SSSR count). The summed E-state index contributed by atoms with van der Waals surface area (Å²) in [4.78, 5) is 44.0. The number of hydrogen-bond acceptors (Lipinski definition) is 4. The number of hydrogen-bond donors (Lipinski definition) is 2. The number of rotatable bonds is 14. The van der Waals surface area contributed by atoms with Gasteiger partial charge in [0, 0.05) is 30.2 Å². The molecule has 1 aromatic heterocycles. The Balaban J connectivity index is 1.41. The number of nitrogens with zero attached hydrogens (tertiary/aromatic N) is 1. The fraction of sp³-hybridized carbons (Fsp3) is 0.656. The highest BCUT2D eigenvalue weighted by atomic mass is 16.5. The molecule has 2 amide bonds. The Labute approximate surface area is 233 Å². The number of unbranched alkanes of at least 4 members (excludes halogenated alkanes) is 1. The maximum atomic E-state index is 13.8. The lowest BCUT2D eigenvalue weighted by Crippen LogP contribution is -2.50. The van der Waals surface area contributed by atoms with Crippen molar-refractivity contribution in [2.45, 2.75) is 103 Å². The first-order valence-corrected chi connectivity index (χ1v) is 15.1. The minimum absolute atomic E-state index is 0.0846. The second-order valence-corrected chi connectivity index (χ2v) is 11.8. The maximum absolute atomic E-state index is 13.8. The summed E-state index contributed by atoms with van der Waals surface area (Å²) >= 11 is 0. The first-order valence-electron chi connectivity index (χ1n) is 15.1. The van der Waals surface area contributed by atoms with Crippen LogP contribution in [0.15, 0.2) is 24.4 Å². The fourth-order valence-corrected chi connectivity index (χ4v) is 6.15. The fourth-order valence-electron chi connectivity index (χ4n) is 6.15. The summed E-state index contributed by atoms with van der Waals surface area (Å²) in [5, 5.41) is 4.12. The SMILES string of the molecule is CCCCC(NC(=O)Cc1c[nH]c2cc(C3CC3C)ccc12)C(=O)N(CCC(=O)OC)CCC1CCCCC1. The van der Waals surface area contributed by atoms with Crippen LogP contribution in [0.2, 0.25) is 0 Å². The molecular weight excluding hydrogens is 490 g/mol. The molecule has 0 spiro atoms. The van der Waals surface area contributed by atoms with Crippen LogP contribution in [0, 0.1) is 11.8 Å². The molecular formula is C32H47N3O4. The van der Waals surface area contributed by atoms with Gasteiger partial charge in [0.15, 0.2) is 0 Å². The third-order valence-electron chi connectivity index (χ3n) is 8.82. The van der Waals surface area contributed by atoms with Crippen molar-refractivity contribution in [1.82, 2.24) is 15.2 Å². The normalized spacial score (nSPS) is 20.0. The molecule has 2 saturated carbocycles. The second kappa shape index (κ2) is 14.0. The summed E-state index contributed by atoms with van der Waals surface area (Å²) in [5.74, 6) is 1.47. The lowest BCUT2D eigenvalue weighted by molar-refractivity contribution is -0.142. The predicted octanol–water partition coefficient (Wildman–Crippen LogP) is 5.87. The van der Waals surface area contributed by atoms with E-state index in [1.165, 1.54) is 51.2 Å². The Bertz CT molecular complexity index is 1120. The molecule has 1 aromatic carbocycles. The second-order valence-electron chi connectivity index (χ2n) is 11.8. The highest BCUT2D eigenvalue weighted by molar-refractivity contribution is 5.92. The molecule has 2 aliphatic rings. The minimum atomic E-state index is -0.588. The van der Waals surface area contributed by atoms with Crippen LogP contribution in [-0.4, -0.2) is 53.9 Å². The molecule has 2 fully saturated rings. The molecule has 1 heterocycles. The van der Waals surface area contributed by atoms with Gasteiger partial charge < -0.3 is 19.9 Å². The van der Waals surface area contributed by atoms with E-state index in [1.54, 1.807) is 4.90 Å². The van der Waals surface area contributed by atoms with Gasteiger partial charge in [0.25, 0.3) is 0 Å². The summed E-state index contributed by atoms with van der Waals surface area (Å²) < 4.78 is 4.84. The molecule has 214 valence electrons. The van der Waals surface area contributed by atoms with Crippen LogP contribution in [0.3, 0.4) is 0 Å². The van der Waals surface area contributed by atoms with Crippen molar-refractivity contribution >= 4 is 28.7 Å². The van der Waals surface area contributed by atoms with Gasteiger partial charge in [-0.1, -0.05) is 70.9 Å². The lowest BCUT2D eigenvalue weighted by Gasteiger charge is -2.30. The van der Waals surface area contributed by atoms with E-state index >= 15 is 0 Å². The number of carbonyl (C=O) groups excluding carboxylic acids is 3. The molecule has 2 N–H and O–H groups in total. The molecule has 3 unspecified atom stereocenters. The van der Waals surface area contributed by atoms with E-state index in [0.717, 1.165) is 41.6 Å². The Morgan fingerprint density at radius 1 is 1.15 bits per heavy atom. The van der Waals surface area contributed by atoms with Crippen LogP contribution in [0.5, 0.6) is 0 Å². The van der Waals surface area contributed by atoms with Crippen molar-refractivity contribution in [3.05, 3.63) is 35.5 Å². The summed E-state index contributed by atoms with van der Waals surface area (Å²) in [5.41, 5.74) is 3.36. The average Bonchev–Trinajstić information content (AvgIpc) is 3.56. The molecule has 2 aliphatic carbocycles. The Hall–Kier alpha value is -2.83. The van der Waals surface area contributed by atoms with E-state index in [4.69, 9.17) is 4.74 Å². The Kier molecular flexibility index (Phi) is 10.5. The molecule has 0 aliphatic heterocycles. The van der Waals surface area contributed by atoms with Crippen LogP contribution in [-0.2, 0) is 25.5 Å². The van der Waals surface area contributed by atoms with Crippen molar-refractivity contribution < 1.29 is 19.1 Å². The van der Waals surface area contributed by atoms with E-state index in [9.17, 15) is 14.4 Å². The zero-order valence-corrected chi connectivity index (χ0v) is 24.1. The molecule has 3 atom stereocenters. The summed E-state index contributed by atoms with van der Waals surface area (Å²) in [7, 11) is 1.37. The molecule has 2 aromatic rings. The van der Waals surface area contributed by atoms with Gasteiger partial charge in [0.1, 0.15) is 6.04 Å². The zero-order chi connectivity index (χ0) is 27.8. The van der Waals surface area contributed by atoms with Crippen LogP contribution >= 0.6 is 0 Å². The number of benzene rings is 1. The van der Waals surface area contributed by atoms with Gasteiger partial charge in [-0.2, -0.15) is 0 Å². The highest BCUT2D eigenvalue weighted by Gasteiger charge is 2.34. The van der Waals surface area contributed by atoms with E-state index < -0.39 is 6.04 Å². The largest absolute Gasteiger partial charge is 0.469 e. The van der Waals surface area contributed by atoms with Crippen molar-refractivity contribution in [2.75, 3.05) is 20.2 Å². The van der Waals surface area contributed by atoms with Gasteiger partial charge >= 0.3 is 5.97 Å². The number of aromatic nitrogens is 1. The Morgan fingerprint density at radius 2 is 1.92 bits per heavy atom. The zero-order valence-electron chi connectivity index (χ0n) is 24.1. The van der Waals surface area contributed by atoms with Crippen molar-refractivity contribution in [2.24, 2.45) is 11.8 Å². The predicted molar refractivity (Wildman–Crippen MR) is 154 cm³/mol. The average molecular weight is 538 g/mol. The quantitative estimate of drug-likeness (QED) is 0.295. The van der Waals surface area contributed by atoms with E-state index in [2.05, 4.69) is 42.3 Å². The number of amides is 2. The molecule has 0 saturated heterocycles. The number of esters is 1. The van der Waals surface area contributed by atoms with Crippen LogP contribution in [0.25, 0.3) is 10.9 Å². The lowest BCUT2D eigenvalue weighted by atomic mass is 9.87. The summed E-state index contributed by atoms with van der Waals surface area (Å²) in [6.45, 7) is 5.30. The van der Waals surface area contributed by atoms with Crippen molar-refractivity contribution in [1.29, 1.82) is 0 Å². The summed E-state index contributed by atoms with van der Waals surface area (Å²) in [6, 6.07) is 5.93. The third-order valence-corrected chi connectivity index (χ3v) is 8.82. The number of aromatic amines is 1. The Morgan fingerprint density at radius 3 is 2.62 bits per heavy atom. The van der Waals surface area contributed by atoms with Crippen molar-refractivity contribution in [3.63, 3.8) is 0 Å². The van der Waals surface area contributed by atoms with Gasteiger partial charge in [0.2, 0.25) is 11.8 Å². The van der Waals surface area contributed by atoms with Crippen LogP contribution < -0.4 is 5.32 Å². The minimum Gasteiger partial charge on any atom is -0.469 e. The molecule has 0 radical (unpaired) electrons. The summed E-state index contributed by atoms with van der Waals surface area (Å²) in [6.07, 6.45) is 13.1. The van der Waals surface area contributed by atoms with Gasteiger partial charge in [0.05, 0.1) is 20.0 Å². The molecule has 0 bridgehead atoms. The van der Waals surface area contributed by atoms with Crippen molar-refractivity contribution in [3.8, 4) is 0 Å². The van der Waals surface area contributed by atoms with Crippen LogP contribution in [0.4, 0.5) is 0 Å². The number of nitrogens with one attached hydrogen (secondary N) is 2. The van der Waals surface area contributed by atoms with Gasteiger partial charge in [-0.25, -0.2) is 0 Å². The van der Waals surface area contributed by atoms with Gasteiger partial charge in [-0.15, -0.1) is 0 Å². The first-order chi connectivity index (χ1) is 18.9. The van der Waals surface area contributed by atoms with Gasteiger partial charge in [-0.05, 0) is 54.2 Å². The smallest absolute Gasteiger partial charge is 0.307 e. The first kappa shape index (κ1) is 29.2. The van der Waals surface area contributed by atoms with Crippen LogP contribution in [0.1, 0.15) is 102 Å². The molecule has 39 heavy (non-hydrogen) atoms. The van der Waals surface area contributed by atoms with E-state index in [0.29, 0.717) is 31.3 Å². The van der Waals surface area contributed by atoms with E-state index in [1.807, 2.05) is 6.20 Å². The van der Waals surface area contributed by atoms with E-state index in [-0.39, 0.29) is 30.6 Å². The van der Waals surface area contributed by atoms with Gasteiger partial charge in [-0.3, -0.25) is 14.4 Å². The number of carbonyl (C=O) groups is 3. The topological polar surface area (TPSA) is 91.5 Å². The maximum Gasteiger partial charge on any atom is 0.307 e. The third kappa shape index (κ3) is 8.09. The number of ether oxygens (including phenoxy) is 1. The number of fused-ring (bicyclic) bond motifs is 1. The molecule has 7 heteroatoms. The number of H-pyrrole nitrogens is 1. The molecule has 7 nitrogen and oxygen atoms in total. The highest BCUT2D eigenvalue weighted by Crippen LogP contribution is 2.47. The monoisotopic (exact) mass is 537 g/mol. The number of methoxy groups -OCH3 is 1. The standard InChI is InChI=1S/C32H47N3O4/c1-4-5-11-28(32(38)35(17-15-31(37)39-3)16-14-23-9-7-6-8-10-23)34-30(36)20-25-21-33-29-19-24(12-13-26(25)29)27-18-22(27)2/h12-13,19,21-23,27-28,33H,4-11,14-18,20H2,1-3H3,(H,34,36).